The van der Waals surface area contributed by atoms with Crippen LogP contribution in [-0.4, -0.2) is 52.2 Å². The number of likely N-dealkylation sites (N-methyl/N-ethyl adjacent to an activating group) is 1. The van der Waals surface area contributed by atoms with Crippen molar-refractivity contribution >= 4 is 36.8 Å². The van der Waals surface area contributed by atoms with Crippen LogP contribution in [0, 0.1) is 0 Å². The highest BCUT2D eigenvalue weighted by Gasteiger charge is 2.50. The van der Waals surface area contributed by atoms with Crippen molar-refractivity contribution in [2.24, 2.45) is 0 Å². The van der Waals surface area contributed by atoms with Gasteiger partial charge in [-0.05, 0) is 49.8 Å². The van der Waals surface area contributed by atoms with Gasteiger partial charge in [-0.3, -0.25) is 0 Å². The molecular formula is C27H27F6N2O4S2+. The van der Waals surface area contributed by atoms with E-state index in [9.17, 15) is 43.2 Å². The van der Waals surface area contributed by atoms with Gasteiger partial charge in [-0.1, -0.05) is 26.0 Å². The fourth-order valence-corrected chi connectivity index (χ4v) is 7.04. The summed E-state index contributed by atoms with van der Waals surface area (Å²) < 4.78 is 129. The second kappa shape index (κ2) is 9.18. The number of nitrogens with zero attached hydrogens (tertiary/aromatic N) is 2. The predicted molar refractivity (Wildman–Crippen MR) is 142 cm³/mol. The van der Waals surface area contributed by atoms with E-state index in [-0.39, 0.29) is 0 Å². The van der Waals surface area contributed by atoms with Crippen LogP contribution in [0.15, 0.2) is 70.1 Å². The second-order valence-corrected chi connectivity index (χ2v) is 14.8. The van der Waals surface area contributed by atoms with Gasteiger partial charge in [-0.2, -0.15) is 30.9 Å². The molecule has 0 saturated carbocycles. The summed E-state index contributed by atoms with van der Waals surface area (Å²) in [6.45, 7) is 7.17. The Hall–Kier alpha value is -3.13. The Kier molecular flexibility index (Phi) is 6.90. The molecule has 0 aromatic heterocycles. The number of hydrogen-bond donors (Lipinski definition) is 0. The van der Waals surface area contributed by atoms with Crippen LogP contribution < -0.4 is 4.90 Å². The van der Waals surface area contributed by atoms with E-state index in [1.807, 2.05) is 13.8 Å². The van der Waals surface area contributed by atoms with Crippen molar-refractivity contribution < 1.29 is 47.8 Å². The van der Waals surface area contributed by atoms with Crippen LogP contribution in [0.1, 0.15) is 38.8 Å². The van der Waals surface area contributed by atoms with Gasteiger partial charge >= 0.3 is 11.0 Å². The van der Waals surface area contributed by atoms with Crippen LogP contribution in [0.2, 0.25) is 0 Å². The zero-order valence-electron chi connectivity index (χ0n) is 22.8. The van der Waals surface area contributed by atoms with Gasteiger partial charge in [0.05, 0.1) is 15.2 Å². The van der Waals surface area contributed by atoms with Crippen molar-refractivity contribution in [1.29, 1.82) is 0 Å². The summed E-state index contributed by atoms with van der Waals surface area (Å²) in [5, 5.41) is 0. The molecule has 2 aromatic carbocycles. The Morgan fingerprint density at radius 3 is 1.83 bits per heavy atom. The number of sulfone groups is 2. The molecule has 0 bridgehead atoms. The van der Waals surface area contributed by atoms with Gasteiger partial charge < -0.3 is 4.90 Å². The molecule has 0 aliphatic carbocycles. The highest BCUT2D eigenvalue weighted by molar-refractivity contribution is 7.92. The summed E-state index contributed by atoms with van der Waals surface area (Å²) >= 11 is 0. The van der Waals surface area contributed by atoms with E-state index in [4.69, 9.17) is 0 Å². The molecule has 0 spiro atoms. The van der Waals surface area contributed by atoms with E-state index in [1.54, 1.807) is 55.6 Å². The summed E-state index contributed by atoms with van der Waals surface area (Å²) in [6, 6.07) is 6.57. The van der Waals surface area contributed by atoms with E-state index < -0.39 is 51.3 Å². The van der Waals surface area contributed by atoms with E-state index in [0.29, 0.717) is 33.9 Å². The summed E-state index contributed by atoms with van der Waals surface area (Å²) in [5.41, 5.74) is -9.31. The highest BCUT2D eigenvalue weighted by Crippen LogP contribution is 2.48. The number of anilines is 1. The lowest BCUT2D eigenvalue weighted by atomic mass is 9.81. The first-order valence-corrected chi connectivity index (χ1v) is 15.1. The standard InChI is InChI=1S/C27H27F6N2O4S2/c1-24(2)18-12-10-17(41(38,39)27(31,32)33)15-21(18)35(6)22(24)8-7-9-23-25(3,4)19-14-16(11-13-20(19)34(23)5)40(36,37)26(28,29)30/h7-15H,1-6H3/q+1. The molecule has 0 atom stereocenters. The fourth-order valence-electron chi connectivity index (χ4n) is 5.47. The van der Waals surface area contributed by atoms with Gasteiger partial charge in [0, 0.05) is 41.6 Å². The Morgan fingerprint density at radius 1 is 0.780 bits per heavy atom. The average molecular weight is 622 g/mol. The van der Waals surface area contributed by atoms with Crippen LogP contribution in [0.25, 0.3) is 0 Å². The number of allylic oxidation sites excluding steroid dienone is 4. The van der Waals surface area contributed by atoms with Crippen LogP contribution >= 0.6 is 0 Å². The van der Waals surface area contributed by atoms with Crippen molar-refractivity contribution in [3.05, 3.63) is 71.5 Å². The highest BCUT2D eigenvalue weighted by atomic mass is 32.2. The minimum atomic E-state index is -5.54. The molecule has 0 saturated heterocycles. The lowest BCUT2D eigenvalue weighted by Gasteiger charge is -2.23. The van der Waals surface area contributed by atoms with Gasteiger partial charge in [-0.15, -0.1) is 0 Å². The van der Waals surface area contributed by atoms with Crippen LogP contribution in [-0.2, 0) is 30.5 Å². The molecule has 0 N–H and O–H groups in total. The van der Waals surface area contributed by atoms with Gasteiger partial charge in [0.1, 0.15) is 7.05 Å². The molecule has 4 rings (SSSR count). The first-order chi connectivity index (χ1) is 18.5. The maximum absolute atomic E-state index is 13.2. The number of hydrogen-bond acceptors (Lipinski definition) is 5. The van der Waals surface area contributed by atoms with E-state index in [0.717, 1.165) is 24.3 Å². The molecule has 2 aliphatic heterocycles. The maximum Gasteiger partial charge on any atom is 0.501 e. The molecule has 2 heterocycles. The van der Waals surface area contributed by atoms with E-state index >= 15 is 0 Å². The van der Waals surface area contributed by atoms with Gasteiger partial charge in [0.15, 0.2) is 5.71 Å². The third-order valence-corrected chi connectivity index (χ3v) is 10.7. The molecule has 2 aliphatic rings. The largest absolute Gasteiger partial charge is 0.501 e. The molecule has 0 amide bonds. The second-order valence-electron chi connectivity index (χ2n) is 10.9. The molecule has 0 unspecified atom stereocenters. The number of benzene rings is 2. The molecule has 2 aromatic rings. The molecule has 14 heteroatoms. The SMILES string of the molecule is CN1/C(=C/C=C/C2=[N+](C)c3ccc(S(=O)(=O)C(F)(F)F)cc3C2(C)C)C(C)(C)c2ccc(S(=O)(=O)C(F)(F)F)cc21. The van der Waals surface area contributed by atoms with Gasteiger partial charge in [0.25, 0.3) is 19.7 Å². The Labute approximate surface area is 234 Å². The molecular weight excluding hydrogens is 594 g/mol. The molecule has 6 nitrogen and oxygen atoms in total. The van der Waals surface area contributed by atoms with Gasteiger partial charge in [0.2, 0.25) is 5.69 Å². The number of alkyl halides is 6. The summed E-state index contributed by atoms with van der Waals surface area (Å²) in [6.07, 6.45) is 5.12. The smallest absolute Gasteiger partial charge is 0.347 e. The number of fused-ring (bicyclic) bond motifs is 2. The van der Waals surface area contributed by atoms with Crippen molar-refractivity contribution in [3.63, 3.8) is 0 Å². The first kappa shape index (κ1) is 30.8. The Balaban J connectivity index is 1.71. The Bertz CT molecular complexity index is 1770. The monoisotopic (exact) mass is 621 g/mol. The lowest BCUT2D eigenvalue weighted by Crippen LogP contribution is -2.27. The summed E-state index contributed by atoms with van der Waals surface area (Å²) in [7, 11) is -7.77. The lowest BCUT2D eigenvalue weighted by molar-refractivity contribution is -0.401. The summed E-state index contributed by atoms with van der Waals surface area (Å²) in [4.78, 5) is -0.110. The number of rotatable bonds is 4. The quantitative estimate of drug-likeness (QED) is 0.303. The van der Waals surface area contributed by atoms with Gasteiger partial charge in [-0.25, -0.2) is 16.8 Å². The minimum Gasteiger partial charge on any atom is -0.347 e. The first-order valence-electron chi connectivity index (χ1n) is 12.1. The van der Waals surface area contributed by atoms with Crippen molar-refractivity contribution in [2.75, 3.05) is 19.0 Å². The average Bonchev–Trinajstić information content (AvgIpc) is 3.15. The normalized spacial score (nSPS) is 19.8. The van der Waals surface area contributed by atoms with E-state index in [1.165, 1.54) is 12.1 Å². The Morgan fingerprint density at radius 2 is 1.29 bits per heavy atom. The van der Waals surface area contributed by atoms with Crippen LogP contribution in [0.5, 0.6) is 0 Å². The fraction of sp³-hybridized carbons (Fsp3) is 0.370. The molecule has 0 fully saturated rings. The zero-order valence-corrected chi connectivity index (χ0v) is 24.4. The third kappa shape index (κ3) is 4.59. The summed E-state index contributed by atoms with van der Waals surface area (Å²) in [5.74, 6) is 0. The zero-order chi connectivity index (χ0) is 31.1. The molecule has 41 heavy (non-hydrogen) atoms. The maximum atomic E-state index is 13.2. The van der Waals surface area contributed by atoms with Crippen molar-refractivity contribution in [3.8, 4) is 0 Å². The van der Waals surface area contributed by atoms with Crippen molar-refractivity contribution in [2.45, 2.75) is 59.3 Å². The molecule has 0 radical (unpaired) electrons. The van der Waals surface area contributed by atoms with E-state index in [2.05, 4.69) is 0 Å². The topological polar surface area (TPSA) is 74.5 Å². The van der Waals surface area contributed by atoms with Crippen LogP contribution in [0.3, 0.4) is 0 Å². The molecule has 222 valence electrons. The third-order valence-electron chi connectivity index (χ3n) is 7.75. The number of halogens is 6. The predicted octanol–water partition coefficient (Wildman–Crippen LogP) is 6.15. The van der Waals surface area contributed by atoms with Crippen molar-refractivity contribution in [1.82, 2.24) is 0 Å². The minimum absolute atomic E-state index is 0.303. The van der Waals surface area contributed by atoms with Crippen LogP contribution in [0.4, 0.5) is 37.7 Å².